The third kappa shape index (κ3) is 1.58. The lowest BCUT2D eigenvalue weighted by Gasteiger charge is -2.28. The molecule has 4 aliphatic rings. The molecule has 1 unspecified atom stereocenters. The highest BCUT2D eigenvalue weighted by atomic mass is 32.1. The number of hydrogen-bond donors (Lipinski definition) is 1. The highest BCUT2D eigenvalue weighted by Crippen LogP contribution is 2.62. The Morgan fingerprint density at radius 3 is 2.65 bits per heavy atom. The van der Waals surface area contributed by atoms with Crippen molar-refractivity contribution >= 4 is 17.2 Å². The van der Waals surface area contributed by atoms with Crippen molar-refractivity contribution in [2.45, 2.75) is 50.2 Å². The van der Waals surface area contributed by atoms with Crippen molar-refractivity contribution in [1.82, 2.24) is 10.2 Å². The molecule has 1 aromatic rings. The molecule has 20 heavy (non-hydrogen) atoms. The van der Waals surface area contributed by atoms with E-state index in [1.54, 1.807) is 11.3 Å². The molecule has 106 valence electrons. The lowest BCUT2D eigenvalue weighted by molar-refractivity contribution is -0.131. The lowest BCUT2D eigenvalue weighted by atomic mass is 9.99. The molecule has 1 amide bonds. The van der Waals surface area contributed by atoms with Gasteiger partial charge in [-0.3, -0.25) is 10.1 Å². The molecule has 3 saturated carbocycles. The third-order valence-electron chi connectivity index (χ3n) is 5.82. The molecule has 1 atom stereocenters. The second kappa shape index (κ2) is 3.66. The summed E-state index contributed by atoms with van der Waals surface area (Å²) in [5.74, 6) is 1.29. The van der Waals surface area contributed by atoms with Crippen molar-refractivity contribution in [3.8, 4) is 0 Å². The zero-order valence-corrected chi connectivity index (χ0v) is 12.4. The van der Waals surface area contributed by atoms with E-state index in [1.807, 2.05) is 0 Å². The Kier molecular flexibility index (Phi) is 2.15. The van der Waals surface area contributed by atoms with Gasteiger partial charge in [0.2, 0.25) is 5.91 Å². The van der Waals surface area contributed by atoms with E-state index < -0.39 is 0 Å². The second-order valence-electron chi connectivity index (χ2n) is 7.26. The second-order valence-corrected chi connectivity index (χ2v) is 8.04. The summed E-state index contributed by atoms with van der Waals surface area (Å²) >= 11 is 1.72. The van der Waals surface area contributed by atoms with Crippen LogP contribution in [-0.4, -0.2) is 22.9 Å². The zero-order chi connectivity index (χ0) is 13.4. The van der Waals surface area contributed by atoms with Crippen LogP contribution in [0.1, 0.15) is 50.3 Å². The van der Waals surface area contributed by atoms with Crippen LogP contribution in [0.3, 0.4) is 0 Å². The third-order valence-corrected chi connectivity index (χ3v) is 6.53. The average molecular weight is 288 g/mol. The van der Waals surface area contributed by atoms with Crippen molar-refractivity contribution in [3.63, 3.8) is 0 Å². The first-order valence-corrected chi connectivity index (χ1v) is 8.78. The highest BCUT2D eigenvalue weighted by molar-refractivity contribution is 7.08. The summed E-state index contributed by atoms with van der Waals surface area (Å²) < 4.78 is 0. The van der Waals surface area contributed by atoms with Gasteiger partial charge >= 0.3 is 0 Å². The van der Waals surface area contributed by atoms with E-state index in [9.17, 15) is 4.79 Å². The van der Waals surface area contributed by atoms with E-state index in [0.717, 1.165) is 25.3 Å². The number of carbonyl (C=O) groups is 1. The maximum Gasteiger partial charge on any atom is 0.244 e. The van der Waals surface area contributed by atoms with Crippen LogP contribution in [0.15, 0.2) is 16.8 Å². The van der Waals surface area contributed by atoms with Crippen LogP contribution in [0.2, 0.25) is 0 Å². The lowest BCUT2D eigenvalue weighted by Crippen LogP contribution is -2.37. The Labute approximate surface area is 123 Å². The van der Waals surface area contributed by atoms with E-state index in [-0.39, 0.29) is 11.7 Å². The number of carbonyl (C=O) groups excluding carboxylic acids is 1. The van der Waals surface area contributed by atoms with E-state index >= 15 is 0 Å². The van der Waals surface area contributed by atoms with Gasteiger partial charge in [0.1, 0.15) is 11.7 Å². The van der Waals surface area contributed by atoms with Gasteiger partial charge in [0.05, 0.1) is 0 Å². The van der Waals surface area contributed by atoms with Crippen LogP contribution < -0.4 is 5.32 Å². The van der Waals surface area contributed by atoms with Crippen molar-refractivity contribution in [1.29, 1.82) is 0 Å². The summed E-state index contributed by atoms with van der Waals surface area (Å²) in [7, 11) is 0. The van der Waals surface area contributed by atoms with Gasteiger partial charge in [-0.25, -0.2) is 0 Å². The summed E-state index contributed by atoms with van der Waals surface area (Å²) in [6.45, 7) is 0.992. The van der Waals surface area contributed by atoms with E-state index in [2.05, 4.69) is 27.0 Å². The largest absolute Gasteiger partial charge is 0.321 e. The summed E-state index contributed by atoms with van der Waals surface area (Å²) in [5, 5.41) is 7.94. The highest BCUT2D eigenvalue weighted by Gasteiger charge is 2.62. The molecule has 1 aromatic heterocycles. The first-order chi connectivity index (χ1) is 9.73. The van der Waals surface area contributed by atoms with Crippen LogP contribution >= 0.6 is 11.3 Å². The molecule has 4 fully saturated rings. The van der Waals surface area contributed by atoms with Gasteiger partial charge < -0.3 is 4.90 Å². The first kappa shape index (κ1) is 11.8. The standard InChI is InChI=1S/C16H20N2OS/c19-14-16(6-7-16)17-13(11-3-8-20-9-11)18(14)10-15(4-5-15)12-1-2-12/h3,8-9,12-13,17H,1-2,4-7,10H2. The van der Waals surface area contributed by atoms with Crippen LogP contribution in [0.4, 0.5) is 0 Å². The molecule has 1 spiro atoms. The number of rotatable bonds is 4. The topological polar surface area (TPSA) is 32.3 Å². The molecule has 0 aromatic carbocycles. The van der Waals surface area contributed by atoms with Gasteiger partial charge in [0, 0.05) is 6.54 Å². The fourth-order valence-electron chi connectivity index (χ4n) is 4.02. The maximum atomic E-state index is 12.8. The molecule has 1 N–H and O–H groups in total. The average Bonchev–Trinajstić information content (AvgIpc) is 3.32. The Morgan fingerprint density at radius 2 is 2.10 bits per heavy atom. The summed E-state index contributed by atoms with van der Waals surface area (Å²) in [6, 6.07) is 2.17. The van der Waals surface area contributed by atoms with Crippen LogP contribution in [-0.2, 0) is 4.79 Å². The number of amides is 1. The number of hydrogen-bond acceptors (Lipinski definition) is 3. The molecular formula is C16H20N2OS. The van der Waals surface area contributed by atoms with Crippen LogP contribution in [0, 0.1) is 11.3 Å². The predicted molar refractivity (Wildman–Crippen MR) is 78.3 cm³/mol. The SMILES string of the molecule is O=C1N(CC2(C3CC3)CC2)C(c2ccsc2)NC12CC2. The van der Waals surface area contributed by atoms with Gasteiger partial charge in [0.25, 0.3) is 0 Å². The van der Waals surface area contributed by atoms with E-state index in [1.165, 1.54) is 31.2 Å². The molecule has 1 saturated heterocycles. The summed E-state index contributed by atoms with van der Waals surface area (Å²) in [5.41, 5.74) is 1.58. The minimum atomic E-state index is -0.188. The minimum absolute atomic E-state index is 0.132. The molecule has 0 bridgehead atoms. The van der Waals surface area contributed by atoms with Crippen LogP contribution in [0.25, 0.3) is 0 Å². The van der Waals surface area contributed by atoms with Gasteiger partial charge in [-0.1, -0.05) is 0 Å². The number of nitrogens with one attached hydrogen (secondary N) is 1. The molecule has 2 heterocycles. The van der Waals surface area contributed by atoms with Gasteiger partial charge in [0.15, 0.2) is 0 Å². The molecule has 0 radical (unpaired) electrons. The quantitative estimate of drug-likeness (QED) is 0.924. The number of nitrogens with zero attached hydrogens (tertiary/aromatic N) is 1. The fraction of sp³-hybridized carbons (Fsp3) is 0.688. The Morgan fingerprint density at radius 1 is 1.30 bits per heavy atom. The maximum absolute atomic E-state index is 12.8. The number of thiophene rings is 1. The van der Waals surface area contributed by atoms with Gasteiger partial charge in [-0.05, 0) is 72.2 Å². The summed E-state index contributed by atoms with van der Waals surface area (Å²) in [4.78, 5) is 15.0. The van der Waals surface area contributed by atoms with E-state index in [0.29, 0.717) is 11.3 Å². The Bertz CT molecular complexity index is 555. The Hall–Kier alpha value is -0.870. The Balaban J connectivity index is 1.46. The molecule has 3 aliphatic carbocycles. The molecule has 3 nitrogen and oxygen atoms in total. The smallest absolute Gasteiger partial charge is 0.244 e. The molecule has 5 rings (SSSR count). The fourth-order valence-corrected chi connectivity index (χ4v) is 4.70. The molecule has 1 aliphatic heterocycles. The minimum Gasteiger partial charge on any atom is -0.321 e. The van der Waals surface area contributed by atoms with Crippen molar-refractivity contribution in [2.24, 2.45) is 11.3 Å². The molecular weight excluding hydrogens is 268 g/mol. The normalized spacial score (nSPS) is 32.9. The molecule has 4 heteroatoms. The zero-order valence-electron chi connectivity index (χ0n) is 11.6. The van der Waals surface area contributed by atoms with Gasteiger partial charge in [-0.2, -0.15) is 11.3 Å². The summed E-state index contributed by atoms with van der Waals surface area (Å²) in [6.07, 6.45) is 7.65. The van der Waals surface area contributed by atoms with Crippen molar-refractivity contribution in [3.05, 3.63) is 22.4 Å². The van der Waals surface area contributed by atoms with Crippen LogP contribution in [0.5, 0.6) is 0 Å². The van der Waals surface area contributed by atoms with E-state index in [4.69, 9.17) is 0 Å². The first-order valence-electron chi connectivity index (χ1n) is 7.83. The monoisotopic (exact) mass is 288 g/mol. The van der Waals surface area contributed by atoms with Gasteiger partial charge in [-0.15, -0.1) is 0 Å². The van der Waals surface area contributed by atoms with Crippen molar-refractivity contribution in [2.75, 3.05) is 6.54 Å². The predicted octanol–water partition coefficient (Wildman–Crippen LogP) is 2.90. The van der Waals surface area contributed by atoms with Crippen molar-refractivity contribution < 1.29 is 4.79 Å².